The van der Waals surface area contributed by atoms with Gasteiger partial charge in [-0.15, -0.1) is 0 Å². The summed E-state index contributed by atoms with van der Waals surface area (Å²) in [6.45, 7) is 3.67. The fraction of sp³-hybridized carbons (Fsp3) is 0. The molecule has 1 aromatic carbocycles. The number of fused-ring (bicyclic) bond motifs is 1. The summed E-state index contributed by atoms with van der Waals surface area (Å²) >= 11 is 0. The van der Waals surface area contributed by atoms with Crippen molar-refractivity contribution in [3.8, 4) is 5.75 Å². The van der Waals surface area contributed by atoms with Gasteiger partial charge < -0.3 is 9.84 Å². The summed E-state index contributed by atoms with van der Waals surface area (Å²) in [6, 6.07) is 7.59. The quantitative estimate of drug-likeness (QED) is 0.384. The molecule has 0 aliphatic carbocycles. The summed E-state index contributed by atoms with van der Waals surface area (Å²) in [5, 5.41) is 10.5. The number of pyridine rings is 1. The average molecular weight is 294 g/mol. The van der Waals surface area contributed by atoms with Gasteiger partial charge in [0.25, 0.3) is 0 Å². The highest BCUT2D eigenvalue weighted by Gasteiger charge is 1.99. The van der Waals surface area contributed by atoms with Crippen LogP contribution >= 0.6 is 0 Å². The number of carboxylic acids is 1. The Hall–Kier alpha value is -3.21. The van der Waals surface area contributed by atoms with Crippen LogP contribution in [0.1, 0.15) is 0 Å². The standard InChI is InChI=1S/C17H14N2O3/c1-2-15(6-9-18-10-7-17(20)21)22-16-4-3-13-5-8-19-12-14(13)11-16/h2-12H,1H2,(H,20,21)/b10-7+,15-6+,18-9-. The molecule has 2 aromatic rings. The number of aliphatic imine (C=N–C) groups is 1. The van der Waals surface area contributed by atoms with E-state index in [1.807, 2.05) is 24.3 Å². The van der Waals surface area contributed by atoms with Crippen LogP contribution in [-0.4, -0.2) is 22.3 Å². The topological polar surface area (TPSA) is 71.8 Å². The van der Waals surface area contributed by atoms with Crippen molar-refractivity contribution in [1.29, 1.82) is 0 Å². The predicted octanol–water partition coefficient (Wildman–Crippen LogP) is 3.35. The molecule has 0 amide bonds. The Morgan fingerprint density at radius 3 is 2.95 bits per heavy atom. The van der Waals surface area contributed by atoms with Crippen LogP contribution in [0.5, 0.6) is 5.75 Å². The first kappa shape index (κ1) is 15.2. The highest BCUT2D eigenvalue weighted by atomic mass is 16.5. The van der Waals surface area contributed by atoms with E-state index in [0.717, 1.165) is 16.8 Å². The van der Waals surface area contributed by atoms with Crippen LogP contribution in [0, 0.1) is 0 Å². The fourth-order valence-corrected chi connectivity index (χ4v) is 1.68. The number of aliphatic carboxylic acids is 1. The highest BCUT2D eigenvalue weighted by molar-refractivity contribution is 5.83. The lowest BCUT2D eigenvalue weighted by Crippen LogP contribution is -1.92. The highest BCUT2D eigenvalue weighted by Crippen LogP contribution is 2.21. The largest absolute Gasteiger partial charge is 0.478 e. The van der Waals surface area contributed by atoms with Gasteiger partial charge in [0.05, 0.1) is 0 Å². The molecule has 0 radical (unpaired) electrons. The molecule has 0 unspecified atom stereocenters. The lowest BCUT2D eigenvalue weighted by molar-refractivity contribution is -0.131. The third kappa shape index (κ3) is 4.42. The van der Waals surface area contributed by atoms with Gasteiger partial charge in [-0.1, -0.05) is 12.6 Å². The van der Waals surface area contributed by atoms with Crippen LogP contribution < -0.4 is 4.74 Å². The van der Waals surface area contributed by atoms with Gasteiger partial charge in [0.1, 0.15) is 11.5 Å². The Morgan fingerprint density at radius 2 is 2.18 bits per heavy atom. The first-order valence-corrected chi connectivity index (χ1v) is 6.46. The summed E-state index contributed by atoms with van der Waals surface area (Å²) in [7, 11) is 0. The molecule has 2 rings (SSSR count). The molecule has 0 saturated carbocycles. The van der Waals surface area contributed by atoms with E-state index in [1.165, 1.54) is 12.4 Å². The molecular formula is C17H14N2O3. The number of aromatic nitrogens is 1. The van der Waals surface area contributed by atoms with Crippen molar-refractivity contribution in [2.45, 2.75) is 0 Å². The predicted molar refractivity (Wildman–Crippen MR) is 85.9 cm³/mol. The number of carbonyl (C=O) groups is 1. The maximum Gasteiger partial charge on any atom is 0.329 e. The minimum absolute atomic E-state index is 0.496. The van der Waals surface area contributed by atoms with Crippen LogP contribution in [0.15, 0.2) is 78.4 Å². The van der Waals surface area contributed by atoms with Crippen LogP contribution in [0.2, 0.25) is 0 Å². The van der Waals surface area contributed by atoms with Gasteiger partial charge >= 0.3 is 5.97 Å². The van der Waals surface area contributed by atoms with Gasteiger partial charge in [0.15, 0.2) is 0 Å². The number of hydrogen-bond donors (Lipinski definition) is 1. The van der Waals surface area contributed by atoms with Gasteiger partial charge in [0, 0.05) is 36.3 Å². The number of nitrogens with zero attached hydrogens (tertiary/aromatic N) is 2. The zero-order valence-electron chi connectivity index (χ0n) is 11.7. The number of ether oxygens (including phenoxy) is 1. The SMILES string of the molecule is C=C\C(=C/C=N\C=C\C(=O)O)Oc1ccc2ccncc2c1. The lowest BCUT2D eigenvalue weighted by atomic mass is 10.2. The number of rotatable bonds is 6. The van der Waals surface area contributed by atoms with E-state index in [1.54, 1.807) is 24.5 Å². The fourth-order valence-electron chi connectivity index (χ4n) is 1.68. The van der Waals surface area contributed by atoms with E-state index >= 15 is 0 Å². The monoisotopic (exact) mass is 294 g/mol. The maximum absolute atomic E-state index is 10.3. The minimum atomic E-state index is -1.05. The van der Waals surface area contributed by atoms with Gasteiger partial charge in [-0.3, -0.25) is 9.98 Å². The van der Waals surface area contributed by atoms with E-state index in [-0.39, 0.29) is 0 Å². The molecule has 5 heteroatoms. The second-order valence-electron chi connectivity index (χ2n) is 4.21. The lowest BCUT2D eigenvalue weighted by Gasteiger charge is -2.06. The van der Waals surface area contributed by atoms with Crippen LogP contribution in [-0.2, 0) is 4.79 Å². The first-order valence-electron chi connectivity index (χ1n) is 6.46. The van der Waals surface area contributed by atoms with Crippen molar-refractivity contribution in [3.63, 3.8) is 0 Å². The van der Waals surface area contributed by atoms with Gasteiger partial charge in [-0.2, -0.15) is 0 Å². The summed E-state index contributed by atoms with van der Waals surface area (Å²) in [4.78, 5) is 18.1. The molecule has 1 aromatic heterocycles. The molecule has 0 atom stereocenters. The molecule has 22 heavy (non-hydrogen) atoms. The molecule has 0 aliphatic heterocycles. The molecule has 5 nitrogen and oxygen atoms in total. The molecule has 0 bridgehead atoms. The maximum atomic E-state index is 10.3. The van der Waals surface area contributed by atoms with Crippen molar-refractivity contribution in [3.05, 3.63) is 73.4 Å². The average Bonchev–Trinajstić information content (AvgIpc) is 2.53. The second kappa shape index (κ2) is 7.54. The first-order chi connectivity index (χ1) is 10.7. The van der Waals surface area contributed by atoms with E-state index in [9.17, 15) is 4.79 Å². The van der Waals surface area contributed by atoms with E-state index < -0.39 is 5.97 Å². The van der Waals surface area contributed by atoms with Gasteiger partial charge in [-0.05, 0) is 35.7 Å². The number of allylic oxidation sites excluding steroid dienone is 2. The zero-order chi connectivity index (χ0) is 15.8. The number of carboxylic acid groups (broad SMARTS) is 1. The number of benzene rings is 1. The van der Waals surface area contributed by atoms with Crippen molar-refractivity contribution in [1.82, 2.24) is 4.98 Å². The molecule has 0 fully saturated rings. The molecule has 0 spiro atoms. The molecular weight excluding hydrogens is 280 g/mol. The van der Waals surface area contributed by atoms with E-state index in [2.05, 4.69) is 16.6 Å². The molecule has 1 heterocycles. The van der Waals surface area contributed by atoms with Crippen molar-refractivity contribution in [2.75, 3.05) is 0 Å². The molecule has 0 saturated heterocycles. The smallest absolute Gasteiger partial charge is 0.329 e. The Morgan fingerprint density at radius 1 is 1.32 bits per heavy atom. The Bertz CT molecular complexity index is 776. The minimum Gasteiger partial charge on any atom is -0.478 e. The van der Waals surface area contributed by atoms with E-state index in [0.29, 0.717) is 11.5 Å². The Balaban J connectivity index is 2.11. The number of hydrogen-bond acceptors (Lipinski definition) is 4. The van der Waals surface area contributed by atoms with Crippen LogP contribution in [0.25, 0.3) is 10.8 Å². The van der Waals surface area contributed by atoms with Gasteiger partial charge in [0.2, 0.25) is 0 Å². The molecule has 1 N–H and O–H groups in total. The van der Waals surface area contributed by atoms with Crippen molar-refractivity contribution >= 4 is 23.0 Å². The third-order valence-electron chi connectivity index (χ3n) is 2.68. The summed E-state index contributed by atoms with van der Waals surface area (Å²) < 4.78 is 5.68. The molecule has 110 valence electrons. The summed E-state index contributed by atoms with van der Waals surface area (Å²) in [5.41, 5.74) is 0. The second-order valence-corrected chi connectivity index (χ2v) is 4.21. The molecule has 0 aliphatic rings. The Labute approximate surface area is 127 Å². The van der Waals surface area contributed by atoms with Crippen LogP contribution in [0.4, 0.5) is 0 Å². The normalized spacial score (nSPS) is 12.1. The summed E-state index contributed by atoms with van der Waals surface area (Å²) in [5.74, 6) is 0.0999. The third-order valence-corrected chi connectivity index (χ3v) is 2.68. The van der Waals surface area contributed by atoms with Gasteiger partial charge in [-0.25, -0.2) is 4.79 Å². The van der Waals surface area contributed by atoms with Crippen molar-refractivity contribution in [2.24, 2.45) is 4.99 Å². The summed E-state index contributed by atoms with van der Waals surface area (Å²) in [6.07, 6.45) is 10.2. The van der Waals surface area contributed by atoms with E-state index in [4.69, 9.17) is 9.84 Å². The zero-order valence-corrected chi connectivity index (χ0v) is 11.7. The van der Waals surface area contributed by atoms with Crippen LogP contribution in [0.3, 0.4) is 0 Å². The van der Waals surface area contributed by atoms with Crippen molar-refractivity contribution < 1.29 is 14.6 Å². The Kier molecular flexibility index (Phi) is 5.20.